The van der Waals surface area contributed by atoms with Crippen LogP contribution < -0.4 is 4.90 Å². The van der Waals surface area contributed by atoms with Crippen LogP contribution in [0.15, 0.2) is 52.3 Å². The molecule has 1 aliphatic heterocycles. The number of benzene rings is 2. The maximum Gasteiger partial charge on any atom is 0.328 e. The van der Waals surface area contributed by atoms with Crippen molar-refractivity contribution in [2.24, 2.45) is 5.92 Å². The number of hydrogen-bond acceptors (Lipinski definition) is 4. The molecule has 1 aliphatic rings. The Kier molecular flexibility index (Phi) is 7.15. The molecule has 0 fully saturated rings. The lowest BCUT2D eigenvalue weighted by atomic mass is 9.97. The molecule has 0 radical (unpaired) electrons. The molecule has 3 rings (SSSR count). The molecule has 0 spiro atoms. The fourth-order valence-corrected chi connectivity index (χ4v) is 4.83. The largest absolute Gasteiger partial charge is 0.478 e. The van der Waals surface area contributed by atoms with E-state index in [0.29, 0.717) is 11.5 Å². The zero-order chi connectivity index (χ0) is 20.8. The predicted molar refractivity (Wildman–Crippen MR) is 119 cm³/mol. The van der Waals surface area contributed by atoms with Crippen LogP contribution in [0.2, 0.25) is 0 Å². The summed E-state index contributed by atoms with van der Waals surface area (Å²) >= 11 is 1.63. The van der Waals surface area contributed by atoms with Crippen LogP contribution in [0.25, 0.3) is 6.08 Å². The fraction of sp³-hybridized carbons (Fsp3) is 0.333. The van der Waals surface area contributed by atoms with Gasteiger partial charge in [0.05, 0.1) is 11.4 Å². The van der Waals surface area contributed by atoms with Crippen LogP contribution in [-0.2, 0) is 4.79 Å². The molecule has 0 saturated carbocycles. The lowest BCUT2D eigenvalue weighted by molar-refractivity contribution is -0.131. The molecule has 0 amide bonds. The highest BCUT2D eigenvalue weighted by molar-refractivity contribution is 7.99. The summed E-state index contributed by atoms with van der Waals surface area (Å²) in [6.07, 6.45) is 8.39. The second kappa shape index (κ2) is 9.79. The van der Waals surface area contributed by atoms with Crippen LogP contribution in [0, 0.1) is 5.92 Å². The summed E-state index contributed by atoms with van der Waals surface area (Å²) in [7, 11) is 0. The van der Waals surface area contributed by atoms with Gasteiger partial charge in [-0.15, -0.1) is 0 Å². The number of rotatable bonds is 9. The molecule has 2 aromatic carbocycles. The van der Waals surface area contributed by atoms with E-state index in [9.17, 15) is 9.59 Å². The number of aliphatic carboxylic acids is 1. The molecule has 0 bridgehead atoms. The van der Waals surface area contributed by atoms with E-state index in [2.05, 4.69) is 24.8 Å². The number of anilines is 2. The van der Waals surface area contributed by atoms with Gasteiger partial charge < -0.3 is 10.0 Å². The summed E-state index contributed by atoms with van der Waals surface area (Å²) in [6, 6.07) is 11.9. The van der Waals surface area contributed by atoms with E-state index in [1.807, 2.05) is 30.3 Å². The topological polar surface area (TPSA) is 57.6 Å². The van der Waals surface area contributed by atoms with E-state index in [4.69, 9.17) is 5.11 Å². The summed E-state index contributed by atoms with van der Waals surface area (Å²) in [4.78, 5) is 26.6. The Hall–Kier alpha value is -2.53. The standard InChI is InChI=1S/C24H27NO3S/c1-3-5-6-17(4-2)15-25-20-10-7-18(9-12-24(27)28)13-22(20)29-23-14-19(16-26)8-11-21(23)25/h7-14,16-17H,3-6,15H2,1-2H3,(H,27,28)/b12-9+. The fourth-order valence-electron chi connectivity index (χ4n) is 3.64. The van der Waals surface area contributed by atoms with Crippen molar-refractivity contribution in [2.45, 2.75) is 49.3 Å². The summed E-state index contributed by atoms with van der Waals surface area (Å²) in [5, 5.41) is 8.91. The number of aldehydes is 1. The van der Waals surface area contributed by atoms with E-state index in [0.717, 1.165) is 52.1 Å². The normalized spacial score (nSPS) is 13.8. The molecular weight excluding hydrogens is 382 g/mol. The first kappa shape index (κ1) is 21.2. The van der Waals surface area contributed by atoms with Crippen molar-refractivity contribution in [3.8, 4) is 0 Å². The van der Waals surface area contributed by atoms with Crippen LogP contribution >= 0.6 is 11.8 Å². The van der Waals surface area contributed by atoms with Crippen molar-refractivity contribution in [3.63, 3.8) is 0 Å². The molecule has 5 heteroatoms. The first-order valence-electron chi connectivity index (χ1n) is 10.1. The molecule has 0 aliphatic carbocycles. The zero-order valence-corrected chi connectivity index (χ0v) is 17.7. The van der Waals surface area contributed by atoms with E-state index < -0.39 is 5.97 Å². The second-order valence-corrected chi connectivity index (χ2v) is 8.46. The lowest BCUT2D eigenvalue weighted by Gasteiger charge is -2.35. The van der Waals surface area contributed by atoms with Crippen LogP contribution in [0.5, 0.6) is 0 Å². The van der Waals surface area contributed by atoms with Crippen LogP contribution in [0.1, 0.15) is 55.5 Å². The Labute approximate surface area is 176 Å². The summed E-state index contributed by atoms with van der Waals surface area (Å²) in [5.41, 5.74) is 3.80. The van der Waals surface area contributed by atoms with Crippen LogP contribution in [0.3, 0.4) is 0 Å². The van der Waals surface area contributed by atoms with Crippen molar-refractivity contribution in [1.29, 1.82) is 0 Å². The highest BCUT2D eigenvalue weighted by atomic mass is 32.2. The molecule has 1 atom stereocenters. The average molecular weight is 410 g/mol. The van der Waals surface area contributed by atoms with Crippen LogP contribution in [-0.4, -0.2) is 23.9 Å². The minimum absolute atomic E-state index is 0.594. The molecular formula is C24H27NO3S. The Bertz CT molecular complexity index is 922. The number of nitrogens with zero attached hydrogens (tertiary/aromatic N) is 1. The molecule has 1 unspecified atom stereocenters. The van der Waals surface area contributed by atoms with Gasteiger partial charge in [-0.25, -0.2) is 4.79 Å². The molecule has 1 N–H and O–H groups in total. The zero-order valence-electron chi connectivity index (χ0n) is 16.9. The van der Waals surface area contributed by atoms with Gasteiger partial charge in [-0.05, 0) is 54.3 Å². The first-order valence-corrected chi connectivity index (χ1v) is 11.0. The van der Waals surface area contributed by atoms with E-state index in [1.165, 1.54) is 19.3 Å². The lowest BCUT2D eigenvalue weighted by Crippen LogP contribution is -2.27. The van der Waals surface area contributed by atoms with Gasteiger partial charge in [-0.1, -0.05) is 50.9 Å². The smallest absolute Gasteiger partial charge is 0.328 e. The molecule has 2 aromatic rings. The molecule has 152 valence electrons. The number of unbranched alkanes of at least 4 members (excludes halogenated alkanes) is 1. The molecule has 29 heavy (non-hydrogen) atoms. The third-order valence-corrected chi connectivity index (χ3v) is 6.40. The quantitative estimate of drug-likeness (QED) is 0.383. The minimum Gasteiger partial charge on any atom is -0.478 e. The van der Waals surface area contributed by atoms with Crippen molar-refractivity contribution in [1.82, 2.24) is 0 Å². The molecule has 1 heterocycles. The van der Waals surface area contributed by atoms with Gasteiger partial charge in [0.15, 0.2) is 0 Å². The minimum atomic E-state index is -0.959. The van der Waals surface area contributed by atoms with Gasteiger partial charge in [0.25, 0.3) is 0 Å². The van der Waals surface area contributed by atoms with E-state index >= 15 is 0 Å². The Morgan fingerprint density at radius 2 is 1.76 bits per heavy atom. The number of fused-ring (bicyclic) bond motifs is 2. The average Bonchev–Trinajstić information content (AvgIpc) is 2.73. The highest BCUT2D eigenvalue weighted by Gasteiger charge is 2.25. The monoisotopic (exact) mass is 409 g/mol. The van der Waals surface area contributed by atoms with Crippen LogP contribution in [0.4, 0.5) is 11.4 Å². The third kappa shape index (κ3) is 5.10. The maximum absolute atomic E-state index is 11.3. The number of carboxylic acid groups (broad SMARTS) is 1. The molecule has 0 saturated heterocycles. The number of carboxylic acids is 1. The summed E-state index contributed by atoms with van der Waals surface area (Å²) in [5.74, 6) is -0.365. The molecule has 0 aromatic heterocycles. The SMILES string of the molecule is CCCCC(CC)CN1c2ccc(C=O)cc2Sc2cc(/C=C/C(=O)O)ccc21. The summed E-state index contributed by atoms with van der Waals surface area (Å²) < 4.78 is 0. The number of hydrogen-bond donors (Lipinski definition) is 1. The van der Waals surface area contributed by atoms with Crippen molar-refractivity contribution in [2.75, 3.05) is 11.4 Å². The second-order valence-electron chi connectivity index (χ2n) is 7.37. The van der Waals surface area contributed by atoms with Crippen molar-refractivity contribution >= 4 is 41.5 Å². The molecule has 4 nitrogen and oxygen atoms in total. The van der Waals surface area contributed by atoms with Gasteiger partial charge >= 0.3 is 5.97 Å². The Morgan fingerprint density at radius 3 is 2.34 bits per heavy atom. The van der Waals surface area contributed by atoms with E-state index in [1.54, 1.807) is 17.8 Å². The first-order chi connectivity index (χ1) is 14.0. The Morgan fingerprint density at radius 1 is 1.10 bits per heavy atom. The van der Waals surface area contributed by atoms with E-state index in [-0.39, 0.29) is 0 Å². The van der Waals surface area contributed by atoms with Crippen molar-refractivity contribution in [3.05, 3.63) is 53.6 Å². The maximum atomic E-state index is 11.3. The highest BCUT2D eigenvalue weighted by Crippen LogP contribution is 2.49. The number of carbonyl (C=O) groups excluding carboxylic acids is 1. The van der Waals surface area contributed by atoms with Crippen molar-refractivity contribution < 1.29 is 14.7 Å². The summed E-state index contributed by atoms with van der Waals surface area (Å²) in [6.45, 7) is 5.40. The Balaban J connectivity index is 2.00. The number of carbonyl (C=O) groups is 2. The third-order valence-electron chi connectivity index (χ3n) is 5.31. The van der Waals surface area contributed by atoms with Gasteiger partial charge in [-0.3, -0.25) is 4.79 Å². The van der Waals surface area contributed by atoms with Gasteiger partial charge in [0, 0.05) is 28.0 Å². The van der Waals surface area contributed by atoms with Gasteiger partial charge in [0.2, 0.25) is 0 Å². The predicted octanol–water partition coefficient (Wildman–Crippen LogP) is 6.42. The van der Waals surface area contributed by atoms with Gasteiger partial charge in [0.1, 0.15) is 6.29 Å². The van der Waals surface area contributed by atoms with Gasteiger partial charge in [-0.2, -0.15) is 0 Å².